The van der Waals surface area contributed by atoms with Gasteiger partial charge in [0.2, 0.25) is 0 Å². The average molecular weight is 2170 g/mol. The normalized spacial score (nSPS) is 11.8. The molecule has 0 aliphatic rings. The van der Waals surface area contributed by atoms with E-state index in [1.165, 1.54) is 0 Å². The van der Waals surface area contributed by atoms with E-state index in [-0.39, 0.29) is 13.0 Å². The molecule has 0 atom stereocenters. The lowest BCUT2D eigenvalue weighted by Crippen LogP contribution is -2.16. The maximum Gasteiger partial charge on any atom is 0.305 e. The van der Waals surface area contributed by atoms with Crippen molar-refractivity contribution in [3.63, 3.8) is 0 Å². The van der Waals surface area contributed by atoms with Gasteiger partial charge in [-0.15, -0.1) is 0 Å². The second-order valence-electron chi connectivity index (χ2n) is 29.9. The molecule has 0 aliphatic carbocycles. The summed E-state index contributed by atoms with van der Waals surface area (Å²) in [5, 5.41) is 8.54. The number of carbonyl (C=O) groups is 1. The number of carboxylic acids is 1. The molecule has 0 spiro atoms. The summed E-state index contributed by atoms with van der Waals surface area (Å²) in [7, 11) is 1.64. The van der Waals surface area contributed by atoms with E-state index in [0.29, 0.717) is 621 Å². The van der Waals surface area contributed by atoms with Crippen LogP contribution in [0.2, 0.25) is 0 Å². The third kappa shape index (κ3) is 144. The quantitative estimate of drug-likeness (QED) is 0.0826. The maximum atomic E-state index is 10.4. The van der Waals surface area contributed by atoms with Crippen molar-refractivity contribution in [3.05, 3.63) is 0 Å². The van der Waals surface area contributed by atoms with Crippen molar-refractivity contribution in [1.82, 2.24) is 0 Å². The van der Waals surface area contributed by atoms with Crippen LogP contribution in [0, 0.1) is 0 Å². The van der Waals surface area contributed by atoms with E-state index in [1.54, 1.807) is 7.11 Å². The van der Waals surface area contributed by atoms with Crippen LogP contribution in [0.1, 0.15) is 6.42 Å². The number of methoxy groups -OCH3 is 1. The summed E-state index contributed by atoms with van der Waals surface area (Å²) in [5.74, 6) is -0.883. The van der Waals surface area contributed by atoms with Gasteiger partial charge in [-0.3, -0.25) is 4.79 Å². The van der Waals surface area contributed by atoms with Crippen LogP contribution < -0.4 is 0 Å². The molecule has 0 aliphatic heterocycles. The molecular formula is C98H196O50. The summed E-state index contributed by atoms with van der Waals surface area (Å²) in [4.78, 5) is 10.4. The maximum absolute atomic E-state index is 10.4. The van der Waals surface area contributed by atoms with Crippen molar-refractivity contribution < 1.29 is 237 Å². The summed E-state index contributed by atoms with van der Waals surface area (Å²) in [5.41, 5.74) is 0. The Labute approximate surface area is 881 Å². The average Bonchev–Trinajstić information content (AvgIpc) is 1.11. The largest absolute Gasteiger partial charge is 0.481 e. The van der Waals surface area contributed by atoms with Gasteiger partial charge in [0, 0.05) is 7.11 Å². The lowest BCUT2D eigenvalue weighted by Gasteiger charge is -2.09. The Morgan fingerprint density at radius 1 is 0.0946 bits per heavy atom. The predicted octanol–water partition coefficient (Wildman–Crippen LogP) is 0.888. The Bertz CT molecular complexity index is 2050. The molecule has 0 amide bonds. The molecule has 148 heavy (non-hydrogen) atoms. The van der Waals surface area contributed by atoms with Crippen LogP contribution in [0.4, 0.5) is 0 Å². The van der Waals surface area contributed by atoms with Crippen LogP contribution >= 0.6 is 0 Å². The van der Waals surface area contributed by atoms with E-state index < -0.39 is 5.97 Å². The Kier molecular flexibility index (Phi) is 140. The zero-order valence-electron chi connectivity index (χ0n) is 89.8. The molecular weight excluding hydrogens is 1980 g/mol. The highest BCUT2D eigenvalue weighted by molar-refractivity contribution is 5.66. The van der Waals surface area contributed by atoms with Crippen molar-refractivity contribution in [3.8, 4) is 0 Å². The first-order valence-electron chi connectivity index (χ1n) is 52.6. The molecule has 0 heterocycles. The summed E-state index contributed by atoms with van der Waals surface area (Å²) in [6, 6.07) is 0. The second-order valence-corrected chi connectivity index (χ2v) is 29.9. The molecule has 0 fully saturated rings. The van der Waals surface area contributed by atoms with Gasteiger partial charge in [0.1, 0.15) is 0 Å². The Morgan fingerprint density at radius 2 is 0.142 bits per heavy atom. The minimum atomic E-state index is -0.883. The SMILES string of the molecule is COCCOCCOCCOCCOCCOCCOCCOCCOCCOCCOCCOCCOCCOCCOCCOCCOCCOCCOCCOCCOCCOCCOCCOCCOCCOCCOCCOCCOCCOCCOCCOCCOCCOCCOCCOCCOCCOCCOCCOCCOCCOCCOCCOCCOCCOCCOCCOCCC(=O)O. The second kappa shape index (κ2) is 143. The lowest BCUT2D eigenvalue weighted by atomic mass is 10.5. The highest BCUT2D eigenvalue weighted by Gasteiger charge is 2.08. The summed E-state index contributed by atoms with van der Waals surface area (Å²) in [6.07, 6.45) is -0.0138. The Balaban J connectivity index is 3.11. The fraction of sp³-hybridized carbons (Fsp3) is 0.990. The van der Waals surface area contributed by atoms with E-state index >= 15 is 0 Å². The van der Waals surface area contributed by atoms with Gasteiger partial charge in [-0.25, -0.2) is 0 Å². The third-order valence-corrected chi connectivity index (χ3v) is 18.0. The molecule has 0 aromatic carbocycles. The van der Waals surface area contributed by atoms with E-state index in [0.717, 1.165) is 0 Å². The van der Waals surface area contributed by atoms with Crippen molar-refractivity contribution in [2.24, 2.45) is 0 Å². The zero-order chi connectivity index (χ0) is 105. The van der Waals surface area contributed by atoms with Crippen molar-refractivity contribution in [2.75, 3.05) is 635 Å². The Hall–Kier alpha value is -2.45. The smallest absolute Gasteiger partial charge is 0.305 e. The van der Waals surface area contributed by atoms with Gasteiger partial charge >= 0.3 is 5.97 Å². The van der Waals surface area contributed by atoms with Gasteiger partial charge in [-0.2, -0.15) is 0 Å². The van der Waals surface area contributed by atoms with Crippen LogP contribution in [0.3, 0.4) is 0 Å². The molecule has 0 saturated heterocycles. The van der Waals surface area contributed by atoms with Crippen LogP contribution in [0.25, 0.3) is 0 Å². The van der Waals surface area contributed by atoms with Gasteiger partial charge in [-0.1, -0.05) is 0 Å². The fourth-order valence-corrected chi connectivity index (χ4v) is 10.5. The first-order chi connectivity index (χ1) is 73.8. The fourth-order valence-electron chi connectivity index (χ4n) is 10.5. The lowest BCUT2D eigenvalue weighted by molar-refractivity contribution is -0.138. The molecule has 50 heteroatoms. The van der Waals surface area contributed by atoms with Crippen molar-refractivity contribution in [1.29, 1.82) is 0 Å². The number of ether oxygens (including phenoxy) is 48. The van der Waals surface area contributed by atoms with Crippen LogP contribution in [0.15, 0.2) is 0 Å². The molecule has 0 aromatic rings. The van der Waals surface area contributed by atoms with Crippen LogP contribution in [-0.4, -0.2) is 646 Å². The van der Waals surface area contributed by atoms with Gasteiger partial charge in [0.25, 0.3) is 0 Å². The molecule has 0 unspecified atom stereocenters. The van der Waals surface area contributed by atoms with Crippen molar-refractivity contribution >= 4 is 5.97 Å². The summed E-state index contributed by atoms with van der Waals surface area (Å²) in [6.45, 7) is 44.9. The first-order valence-corrected chi connectivity index (χ1v) is 52.6. The molecule has 0 radical (unpaired) electrons. The molecule has 0 rings (SSSR count). The summed E-state index contributed by atoms with van der Waals surface area (Å²) >= 11 is 0. The Morgan fingerprint density at radius 3 is 0.189 bits per heavy atom. The molecule has 0 aromatic heterocycles. The monoisotopic (exact) mass is 2170 g/mol. The zero-order valence-corrected chi connectivity index (χ0v) is 89.8. The van der Waals surface area contributed by atoms with Gasteiger partial charge in [0.15, 0.2) is 0 Å². The highest BCUT2D eigenvalue weighted by Crippen LogP contribution is 1.98. The standard InChI is InChI=1S/C98H196O50/c1-101-4-5-103-8-9-105-12-13-107-16-17-109-20-21-111-24-25-113-28-29-115-32-33-117-36-37-119-40-41-121-44-45-123-48-49-125-52-53-127-56-57-129-60-61-131-64-65-133-68-69-135-72-73-137-76-77-139-80-81-141-84-85-143-88-89-145-92-93-147-96-97-148-95-94-146-91-90-144-87-86-142-83-82-140-79-78-138-75-74-136-71-70-134-67-66-132-63-62-130-59-58-128-55-54-126-51-50-124-47-46-122-43-42-120-39-38-118-35-34-116-31-30-114-27-26-112-23-22-110-19-18-108-15-14-106-11-10-104-7-6-102-3-2-98(99)100/h2-97H2,1H3,(H,99,100). The van der Waals surface area contributed by atoms with E-state index in [1.807, 2.05) is 0 Å². The molecule has 1 N–H and O–H groups in total. The third-order valence-electron chi connectivity index (χ3n) is 18.0. The minimum absolute atomic E-state index is 0.0138. The number of hydrogen-bond donors (Lipinski definition) is 1. The van der Waals surface area contributed by atoms with E-state index in [9.17, 15) is 4.79 Å². The topological polar surface area (TPSA) is 480 Å². The van der Waals surface area contributed by atoms with Gasteiger partial charge < -0.3 is 232 Å². The number of rotatable bonds is 144. The minimum Gasteiger partial charge on any atom is -0.481 e. The van der Waals surface area contributed by atoms with Gasteiger partial charge in [-0.05, 0) is 0 Å². The molecule has 888 valence electrons. The number of carboxylic acid groups (broad SMARTS) is 1. The highest BCUT2D eigenvalue weighted by atomic mass is 16.7. The number of aliphatic carboxylic acids is 1. The van der Waals surface area contributed by atoms with E-state index in [2.05, 4.69) is 0 Å². The predicted molar refractivity (Wildman–Crippen MR) is 533 cm³/mol. The van der Waals surface area contributed by atoms with Crippen LogP contribution in [-0.2, 0) is 232 Å². The summed E-state index contributed by atoms with van der Waals surface area (Å²) < 4.78 is 264. The molecule has 50 nitrogen and oxygen atoms in total. The number of hydrogen-bond acceptors (Lipinski definition) is 49. The van der Waals surface area contributed by atoms with E-state index in [4.69, 9.17) is 232 Å². The molecule has 0 saturated carbocycles. The van der Waals surface area contributed by atoms with Crippen molar-refractivity contribution in [2.45, 2.75) is 6.42 Å². The van der Waals surface area contributed by atoms with Crippen LogP contribution in [0.5, 0.6) is 0 Å². The van der Waals surface area contributed by atoms with Gasteiger partial charge in [0.05, 0.1) is 634 Å². The first kappa shape index (κ1) is 146. The molecule has 0 bridgehead atoms.